The highest BCUT2D eigenvalue weighted by atomic mass is 35.5. The van der Waals surface area contributed by atoms with E-state index in [1.807, 2.05) is 0 Å². The molecule has 1 aromatic carbocycles. The summed E-state index contributed by atoms with van der Waals surface area (Å²) in [7, 11) is 0. The van der Waals surface area contributed by atoms with E-state index in [2.05, 4.69) is 0 Å². The van der Waals surface area contributed by atoms with E-state index in [0.717, 1.165) is 0 Å². The predicted octanol–water partition coefficient (Wildman–Crippen LogP) is 3.95. The molecule has 0 N–H and O–H groups in total. The molecule has 0 spiro atoms. The first kappa shape index (κ1) is 13.9. The van der Waals surface area contributed by atoms with Crippen molar-refractivity contribution in [3.63, 3.8) is 0 Å². The highest BCUT2D eigenvalue weighted by Crippen LogP contribution is 2.46. The van der Waals surface area contributed by atoms with Crippen LogP contribution in [0.2, 0.25) is 0 Å². The van der Waals surface area contributed by atoms with E-state index in [-0.39, 0.29) is 0 Å². The maximum atomic E-state index is 13.3. The number of allylic oxidation sites excluding steroid dienone is 1. The van der Waals surface area contributed by atoms with E-state index in [0.29, 0.717) is 0 Å². The van der Waals surface area contributed by atoms with Crippen molar-refractivity contribution in [3.8, 4) is 0 Å². The summed E-state index contributed by atoms with van der Waals surface area (Å²) in [4.78, 5) is 11.3. The van der Waals surface area contributed by atoms with Gasteiger partial charge in [0.2, 0.25) is 5.78 Å². The number of hydrogen-bond donors (Lipinski definition) is 0. The topological polar surface area (TPSA) is 17.1 Å². The van der Waals surface area contributed by atoms with E-state index >= 15 is 0 Å². The first-order chi connectivity index (χ1) is 8.59. The Balaban J connectivity index is 2.89. The summed E-state index contributed by atoms with van der Waals surface area (Å²) in [5.41, 5.74) is -5.05. The summed E-state index contributed by atoms with van der Waals surface area (Å²) in [5, 5.41) is -1.50. The number of halogens is 8. The van der Waals surface area contributed by atoms with Crippen molar-refractivity contribution in [2.75, 3.05) is 0 Å². The van der Waals surface area contributed by atoms with Crippen LogP contribution < -0.4 is 0 Å². The second kappa shape index (κ2) is 3.96. The normalized spacial score (nSPS) is 15.3. The molecule has 0 fully saturated rings. The molecule has 0 radical (unpaired) electrons. The zero-order valence-electron chi connectivity index (χ0n) is 8.43. The Morgan fingerprint density at radius 3 is 1.63 bits per heavy atom. The molecule has 19 heavy (non-hydrogen) atoms. The fourth-order valence-electron chi connectivity index (χ4n) is 1.65. The predicted molar refractivity (Wildman–Crippen MR) is 49.4 cm³/mol. The van der Waals surface area contributed by atoms with Crippen LogP contribution in [0.25, 0.3) is 5.03 Å². The molecular formula is C10ClF7O. The zero-order chi connectivity index (χ0) is 14.7. The Labute approximate surface area is 105 Å². The SMILES string of the molecule is O=C1C(C(F)(F)F)=C(Cl)c2c(F)c(F)c(F)c(F)c21. The molecule has 1 nitrogen and oxygen atoms in total. The van der Waals surface area contributed by atoms with E-state index < -0.39 is 57.0 Å². The Morgan fingerprint density at radius 2 is 1.21 bits per heavy atom. The molecule has 0 aliphatic heterocycles. The minimum atomic E-state index is -5.31. The molecule has 0 atom stereocenters. The molecule has 1 aliphatic carbocycles. The first-order valence-corrected chi connectivity index (χ1v) is 4.84. The van der Waals surface area contributed by atoms with Crippen molar-refractivity contribution >= 4 is 22.4 Å². The number of rotatable bonds is 0. The van der Waals surface area contributed by atoms with Crippen LogP contribution in [0.3, 0.4) is 0 Å². The fourth-order valence-corrected chi connectivity index (χ4v) is 2.02. The first-order valence-electron chi connectivity index (χ1n) is 4.47. The lowest BCUT2D eigenvalue weighted by atomic mass is 10.1. The van der Waals surface area contributed by atoms with Gasteiger partial charge in [0.05, 0.1) is 10.6 Å². The summed E-state index contributed by atoms with van der Waals surface area (Å²) in [6.07, 6.45) is -5.31. The van der Waals surface area contributed by atoms with Gasteiger partial charge in [-0.2, -0.15) is 13.2 Å². The number of alkyl halides is 3. The van der Waals surface area contributed by atoms with Gasteiger partial charge in [0, 0.05) is 5.56 Å². The molecular weight excluding hydrogens is 305 g/mol. The standard InChI is InChI=1S/C10ClF7O/c11-4-1-2(9(19)3(4)10(16,17)18)6(13)8(15)7(14)5(1)12. The minimum absolute atomic E-state index is 1.42. The van der Waals surface area contributed by atoms with E-state index in [1.165, 1.54) is 0 Å². The van der Waals surface area contributed by atoms with Crippen LogP contribution in [0.15, 0.2) is 5.57 Å². The van der Waals surface area contributed by atoms with Crippen LogP contribution >= 0.6 is 11.6 Å². The highest BCUT2D eigenvalue weighted by Gasteiger charge is 2.49. The zero-order valence-corrected chi connectivity index (χ0v) is 9.19. The number of Topliss-reactive ketones (excluding diaryl/α,β-unsaturated/α-hetero) is 1. The van der Waals surface area contributed by atoms with Crippen LogP contribution in [-0.2, 0) is 0 Å². The van der Waals surface area contributed by atoms with Gasteiger partial charge in [-0.3, -0.25) is 4.79 Å². The van der Waals surface area contributed by atoms with E-state index in [4.69, 9.17) is 11.6 Å². The lowest BCUT2D eigenvalue weighted by Crippen LogP contribution is -2.18. The Morgan fingerprint density at radius 1 is 0.789 bits per heavy atom. The maximum Gasteiger partial charge on any atom is 0.421 e. The second-order valence-electron chi connectivity index (χ2n) is 3.52. The third-order valence-corrected chi connectivity index (χ3v) is 2.82. The average molecular weight is 305 g/mol. The maximum absolute atomic E-state index is 13.3. The molecule has 1 aromatic rings. The molecule has 102 valence electrons. The van der Waals surface area contributed by atoms with Crippen molar-refractivity contribution in [1.82, 2.24) is 0 Å². The largest absolute Gasteiger partial charge is 0.421 e. The summed E-state index contributed by atoms with van der Waals surface area (Å²) in [6, 6.07) is 0. The number of benzene rings is 1. The van der Waals surface area contributed by atoms with E-state index in [1.54, 1.807) is 0 Å². The summed E-state index contributed by atoms with van der Waals surface area (Å²) in [5.74, 6) is -11.1. The van der Waals surface area contributed by atoms with Crippen LogP contribution in [0.5, 0.6) is 0 Å². The molecule has 9 heteroatoms. The number of fused-ring (bicyclic) bond motifs is 1. The molecule has 0 unspecified atom stereocenters. The molecule has 0 heterocycles. The lowest BCUT2D eigenvalue weighted by molar-refractivity contribution is -0.0877. The smallest absolute Gasteiger partial charge is 0.288 e. The van der Waals surface area contributed by atoms with Gasteiger partial charge in [-0.15, -0.1) is 0 Å². The number of ketones is 1. The number of hydrogen-bond acceptors (Lipinski definition) is 1. The quantitative estimate of drug-likeness (QED) is 0.403. The molecule has 1 aliphatic rings. The third-order valence-electron chi connectivity index (χ3n) is 2.44. The molecule has 0 amide bonds. The third kappa shape index (κ3) is 1.73. The molecule has 2 rings (SSSR count). The van der Waals surface area contributed by atoms with Gasteiger partial charge in [0.25, 0.3) is 0 Å². The fraction of sp³-hybridized carbons (Fsp3) is 0.100. The van der Waals surface area contributed by atoms with Crippen LogP contribution in [0, 0.1) is 23.3 Å². The van der Waals surface area contributed by atoms with Crippen LogP contribution in [0.4, 0.5) is 30.7 Å². The molecule has 0 saturated heterocycles. The highest BCUT2D eigenvalue weighted by molar-refractivity contribution is 6.54. The van der Waals surface area contributed by atoms with Crippen molar-refractivity contribution in [2.24, 2.45) is 0 Å². The van der Waals surface area contributed by atoms with Crippen molar-refractivity contribution in [3.05, 3.63) is 40.0 Å². The summed E-state index contributed by atoms with van der Waals surface area (Å²) >= 11 is 5.13. The second-order valence-corrected chi connectivity index (χ2v) is 3.90. The summed E-state index contributed by atoms with van der Waals surface area (Å²) < 4.78 is 89.9. The molecule has 0 saturated carbocycles. The van der Waals surface area contributed by atoms with Crippen molar-refractivity contribution in [1.29, 1.82) is 0 Å². The summed E-state index contributed by atoms with van der Waals surface area (Å²) in [6.45, 7) is 0. The van der Waals surface area contributed by atoms with E-state index in [9.17, 15) is 35.5 Å². The van der Waals surface area contributed by atoms with Gasteiger partial charge in [0.15, 0.2) is 23.3 Å². The van der Waals surface area contributed by atoms with Gasteiger partial charge in [-0.25, -0.2) is 17.6 Å². The van der Waals surface area contributed by atoms with Gasteiger partial charge >= 0.3 is 6.18 Å². The lowest BCUT2D eigenvalue weighted by Gasteiger charge is -2.06. The number of carbonyl (C=O) groups is 1. The molecule has 0 aromatic heterocycles. The van der Waals surface area contributed by atoms with Gasteiger partial charge < -0.3 is 0 Å². The van der Waals surface area contributed by atoms with Crippen LogP contribution in [0.1, 0.15) is 15.9 Å². The van der Waals surface area contributed by atoms with Gasteiger partial charge in [-0.05, 0) is 0 Å². The Hall–Kier alpha value is -1.57. The molecule has 0 bridgehead atoms. The average Bonchev–Trinajstić information content (AvgIpc) is 2.55. The van der Waals surface area contributed by atoms with Crippen molar-refractivity contribution in [2.45, 2.75) is 6.18 Å². The monoisotopic (exact) mass is 304 g/mol. The van der Waals surface area contributed by atoms with Crippen molar-refractivity contribution < 1.29 is 35.5 Å². The van der Waals surface area contributed by atoms with Gasteiger partial charge in [-0.1, -0.05) is 11.6 Å². The van der Waals surface area contributed by atoms with Crippen LogP contribution in [-0.4, -0.2) is 12.0 Å². The minimum Gasteiger partial charge on any atom is -0.288 e. The Kier molecular flexibility index (Phi) is 2.89. The number of carbonyl (C=O) groups excluding carboxylic acids is 1. The van der Waals surface area contributed by atoms with Gasteiger partial charge in [0.1, 0.15) is 5.57 Å². The Bertz CT molecular complexity index is 645.